The van der Waals surface area contributed by atoms with Crippen LogP contribution in [0.4, 0.5) is 0 Å². The minimum Gasteiger partial charge on any atom is -0.550 e. The van der Waals surface area contributed by atoms with E-state index in [-0.39, 0.29) is 20.1 Å². The van der Waals surface area contributed by atoms with E-state index in [0.29, 0.717) is 0 Å². The van der Waals surface area contributed by atoms with Crippen molar-refractivity contribution in [1.29, 1.82) is 0 Å². The second-order valence-corrected chi connectivity index (χ2v) is 10.1. The first-order valence-corrected chi connectivity index (χ1v) is 8.63. The molecule has 0 unspecified atom stereocenters. The molecule has 0 atom stereocenters. The van der Waals surface area contributed by atoms with Crippen LogP contribution >= 0.6 is 0 Å². The fourth-order valence-corrected chi connectivity index (χ4v) is 0. The van der Waals surface area contributed by atoms with Gasteiger partial charge in [0.05, 0.1) is 0 Å². The second-order valence-electron chi connectivity index (χ2n) is 10.1. The Balaban J connectivity index is -0.0000000873. The van der Waals surface area contributed by atoms with Crippen LogP contribution in [0.2, 0.25) is 0 Å². The molecule has 8 nitrogen and oxygen atoms in total. The van der Waals surface area contributed by atoms with Crippen molar-refractivity contribution in [2.45, 2.75) is 83.1 Å². The molecule has 1 radical (unpaired) electrons. The maximum absolute atomic E-state index is 9.91. The molecule has 0 fully saturated rings. The normalized spacial score (nSPS) is 10.9. The zero-order chi connectivity index (χ0) is 24.3. The van der Waals surface area contributed by atoms with Crippen LogP contribution in [0, 0.1) is 21.7 Å². The minimum absolute atomic E-state index is 0. The zero-order valence-electron chi connectivity index (χ0n) is 19.6. The van der Waals surface area contributed by atoms with E-state index in [1.54, 1.807) is 83.1 Å². The van der Waals surface area contributed by atoms with Crippen molar-refractivity contribution in [3.05, 3.63) is 0 Å². The molecule has 0 heterocycles. The Hall–Kier alpha value is -1.47. The van der Waals surface area contributed by atoms with E-state index < -0.39 is 45.5 Å². The standard InChI is InChI=1S/4C5H10O2.Ir/c4*1-5(2,3)4(6)7;/h4*1-3H3,(H,6,7);/p-4. The minimum atomic E-state index is -1.01. The Kier molecular flexibility index (Phi) is 19.1. The van der Waals surface area contributed by atoms with Gasteiger partial charge in [0.25, 0.3) is 0 Å². The molecule has 0 aromatic rings. The van der Waals surface area contributed by atoms with Crippen LogP contribution in [0.1, 0.15) is 83.1 Å². The van der Waals surface area contributed by atoms with Crippen LogP contribution in [0.3, 0.4) is 0 Å². The molecule has 0 saturated carbocycles. The maximum atomic E-state index is 9.91. The Morgan fingerprint density at radius 3 is 0.414 bits per heavy atom. The summed E-state index contributed by atoms with van der Waals surface area (Å²) in [6.45, 7) is 19.2. The van der Waals surface area contributed by atoms with Crippen molar-refractivity contribution in [2.24, 2.45) is 21.7 Å². The van der Waals surface area contributed by atoms with Gasteiger partial charge in [-0.15, -0.1) is 0 Å². The molecule has 0 aliphatic carbocycles. The van der Waals surface area contributed by atoms with E-state index in [1.165, 1.54) is 0 Å². The molecule has 0 aromatic carbocycles. The predicted octanol–water partition coefficient (Wildman–Crippen LogP) is -0.873. The first-order chi connectivity index (χ1) is 11.8. The van der Waals surface area contributed by atoms with Gasteiger partial charge < -0.3 is 39.6 Å². The summed E-state index contributed by atoms with van der Waals surface area (Å²) in [5, 5.41) is 39.6. The van der Waals surface area contributed by atoms with Crippen molar-refractivity contribution in [2.75, 3.05) is 0 Å². The van der Waals surface area contributed by atoms with Crippen molar-refractivity contribution < 1.29 is 59.7 Å². The quantitative estimate of drug-likeness (QED) is 0.349. The number of hydrogen-bond donors (Lipinski definition) is 0. The third-order valence-electron chi connectivity index (χ3n) is 2.45. The number of carboxylic acids is 4. The van der Waals surface area contributed by atoms with Crippen LogP contribution in [0.15, 0.2) is 0 Å². The molecule has 9 heteroatoms. The molecule has 0 saturated heterocycles. The van der Waals surface area contributed by atoms with Crippen LogP contribution in [0.25, 0.3) is 0 Å². The second kappa shape index (κ2) is 14.5. The van der Waals surface area contributed by atoms with Gasteiger partial charge >= 0.3 is 0 Å². The molecular weight excluding hydrogens is 560 g/mol. The molecule has 0 aliphatic heterocycles. The summed E-state index contributed by atoms with van der Waals surface area (Å²) in [5.74, 6) is -4.03. The zero-order valence-corrected chi connectivity index (χ0v) is 22.0. The number of carbonyl (C=O) groups is 4. The van der Waals surface area contributed by atoms with E-state index >= 15 is 0 Å². The van der Waals surface area contributed by atoms with Gasteiger partial charge in [0.15, 0.2) is 0 Å². The van der Waals surface area contributed by atoms with Crippen LogP contribution < -0.4 is 20.4 Å². The molecule has 0 spiro atoms. The maximum Gasteiger partial charge on any atom is 0.0467 e. The van der Waals surface area contributed by atoms with E-state index in [9.17, 15) is 39.6 Å². The smallest absolute Gasteiger partial charge is 0.0467 e. The van der Waals surface area contributed by atoms with Gasteiger partial charge in [0.2, 0.25) is 0 Å². The van der Waals surface area contributed by atoms with E-state index in [1.807, 2.05) is 0 Å². The summed E-state index contributed by atoms with van der Waals surface area (Å²) < 4.78 is 0. The molecule has 0 amide bonds. The Morgan fingerprint density at radius 2 is 0.414 bits per heavy atom. The number of carbonyl (C=O) groups excluding carboxylic acids is 4. The Bertz CT molecular complexity index is 417. The molecule has 177 valence electrons. The summed E-state index contributed by atoms with van der Waals surface area (Å²) in [4.78, 5) is 39.6. The van der Waals surface area contributed by atoms with Crippen LogP contribution in [-0.2, 0) is 39.3 Å². The average molecular weight is 597 g/mol. The number of carboxylic acid groups (broad SMARTS) is 4. The third kappa shape index (κ3) is 31.4. The number of rotatable bonds is 0. The van der Waals surface area contributed by atoms with Crippen molar-refractivity contribution in [1.82, 2.24) is 0 Å². The molecule has 0 aromatic heterocycles. The molecule has 0 rings (SSSR count). The molecule has 0 bridgehead atoms. The summed E-state index contributed by atoms with van der Waals surface area (Å²) in [7, 11) is 0. The average Bonchev–Trinajstić information content (AvgIpc) is 2.35. The Labute approximate surface area is 188 Å². The fourth-order valence-electron chi connectivity index (χ4n) is 0. The van der Waals surface area contributed by atoms with Crippen molar-refractivity contribution >= 4 is 23.9 Å². The molecular formula is C20H36IrO8-4. The van der Waals surface area contributed by atoms with Crippen LogP contribution in [0.5, 0.6) is 0 Å². The monoisotopic (exact) mass is 597 g/mol. The van der Waals surface area contributed by atoms with E-state index in [4.69, 9.17) is 0 Å². The van der Waals surface area contributed by atoms with Gasteiger partial charge in [-0.25, -0.2) is 0 Å². The SMILES string of the molecule is CC(C)(C)C(=O)[O-].CC(C)(C)C(=O)[O-].CC(C)(C)C(=O)[O-].CC(C)(C)C(=O)[O-].[Ir]. The van der Waals surface area contributed by atoms with Crippen molar-refractivity contribution in [3.8, 4) is 0 Å². The summed E-state index contributed by atoms with van der Waals surface area (Å²) >= 11 is 0. The van der Waals surface area contributed by atoms with Gasteiger partial charge in [-0.1, -0.05) is 83.1 Å². The molecule has 0 N–H and O–H groups in total. The van der Waals surface area contributed by atoms with Gasteiger partial charge in [-0.05, 0) is 0 Å². The largest absolute Gasteiger partial charge is 0.550 e. The van der Waals surface area contributed by atoms with Gasteiger partial charge in [-0.3, -0.25) is 0 Å². The van der Waals surface area contributed by atoms with E-state index in [0.717, 1.165) is 0 Å². The topological polar surface area (TPSA) is 161 Å². The first kappa shape index (κ1) is 38.2. The number of aliphatic carboxylic acids is 4. The summed E-state index contributed by atoms with van der Waals surface area (Å²) in [6, 6.07) is 0. The van der Waals surface area contributed by atoms with Gasteiger partial charge in [0, 0.05) is 65.6 Å². The summed E-state index contributed by atoms with van der Waals surface area (Å²) in [6.07, 6.45) is 0. The molecule has 0 aliphatic rings. The predicted molar refractivity (Wildman–Crippen MR) is 97.8 cm³/mol. The number of hydrogen-bond acceptors (Lipinski definition) is 8. The third-order valence-corrected chi connectivity index (χ3v) is 2.45. The summed E-state index contributed by atoms with van der Waals surface area (Å²) in [5.41, 5.74) is -2.78. The van der Waals surface area contributed by atoms with Crippen molar-refractivity contribution in [3.63, 3.8) is 0 Å². The van der Waals surface area contributed by atoms with Gasteiger partial charge in [-0.2, -0.15) is 0 Å². The van der Waals surface area contributed by atoms with E-state index in [2.05, 4.69) is 0 Å². The fraction of sp³-hybridized carbons (Fsp3) is 0.800. The van der Waals surface area contributed by atoms with Crippen LogP contribution in [-0.4, -0.2) is 23.9 Å². The Morgan fingerprint density at radius 1 is 0.379 bits per heavy atom. The first-order valence-electron chi connectivity index (χ1n) is 8.63. The molecule has 29 heavy (non-hydrogen) atoms. The van der Waals surface area contributed by atoms with Gasteiger partial charge in [0.1, 0.15) is 0 Å².